The zero-order chi connectivity index (χ0) is 17.8. The number of amides is 1. The maximum atomic E-state index is 12.0. The second kappa shape index (κ2) is 7.25. The molecule has 1 atom stereocenters. The number of carbonyl (C=O) groups excluding carboxylic acids is 2. The molecule has 2 aromatic rings. The van der Waals surface area contributed by atoms with Crippen LogP contribution < -0.4 is 14.8 Å². The summed E-state index contributed by atoms with van der Waals surface area (Å²) in [6, 6.07) is 6.64. The fourth-order valence-electron chi connectivity index (χ4n) is 2.36. The highest BCUT2D eigenvalue weighted by molar-refractivity contribution is 5.88. The van der Waals surface area contributed by atoms with Gasteiger partial charge in [0.25, 0.3) is 5.91 Å². The Kier molecular flexibility index (Phi) is 4.87. The molecule has 1 amide bonds. The van der Waals surface area contributed by atoms with Crippen molar-refractivity contribution < 1.29 is 28.3 Å². The summed E-state index contributed by atoms with van der Waals surface area (Å²) in [5.41, 5.74) is 1.42. The van der Waals surface area contributed by atoms with E-state index < -0.39 is 18.5 Å². The summed E-state index contributed by atoms with van der Waals surface area (Å²) in [6.07, 6.45) is 0. The van der Waals surface area contributed by atoms with Crippen LogP contribution in [0.1, 0.15) is 34.8 Å². The average molecular weight is 346 g/mol. The quantitative estimate of drug-likeness (QED) is 0.824. The lowest BCUT2D eigenvalue weighted by Crippen LogP contribution is -2.31. The zero-order valence-electron chi connectivity index (χ0n) is 13.9. The van der Waals surface area contributed by atoms with Gasteiger partial charge in [-0.3, -0.25) is 4.79 Å². The molecule has 132 valence electrons. The molecular weight excluding hydrogens is 328 g/mol. The van der Waals surface area contributed by atoms with Crippen molar-refractivity contribution in [2.75, 3.05) is 19.8 Å². The first-order valence-electron chi connectivity index (χ1n) is 7.82. The summed E-state index contributed by atoms with van der Waals surface area (Å²) in [4.78, 5) is 23.7. The van der Waals surface area contributed by atoms with E-state index in [0.29, 0.717) is 30.4 Å². The van der Waals surface area contributed by atoms with E-state index in [1.807, 2.05) is 19.1 Å². The molecule has 0 saturated carbocycles. The van der Waals surface area contributed by atoms with Crippen molar-refractivity contribution in [2.24, 2.45) is 0 Å². The smallest absolute Gasteiger partial charge is 0.377 e. The van der Waals surface area contributed by atoms with Crippen LogP contribution >= 0.6 is 0 Å². The third-order valence-corrected chi connectivity index (χ3v) is 3.61. The van der Waals surface area contributed by atoms with Crippen LogP contribution in [0.5, 0.6) is 11.5 Å². The highest BCUT2D eigenvalue weighted by atomic mass is 16.6. The molecule has 1 N–H and O–H groups in total. The Hall–Kier alpha value is -3.03. The van der Waals surface area contributed by atoms with E-state index in [2.05, 4.69) is 10.5 Å². The molecule has 8 nitrogen and oxygen atoms in total. The topological polar surface area (TPSA) is 99.9 Å². The predicted octanol–water partition coefficient (Wildman–Crippen LogP) is 1.79. The van der Waals surface area contributed by atoms with Crippen LogP contribution in [0.15, 0.2) is 28.8 Å². The third kappa shape index (κ3) is 4.09. The molecule has 25 heavy (non-hydrogen) atoms. The Bertz CT molecular complexity index is 785. The van der Waals surface area contributed by atoms with Crippen molar-refractivity contribution in [1.29, 1.82) is 0 Å². The van der Waals surface area contributed by atoms with E-state index in [1.165, 1.54) is 6.07 Å². The van der Waals surface area contributed by atoms with Gasteiger partial charge in [-0.15, -0.1) is 0 Å². The summed E-state index contributed by atoms with van der Waals surface area (Å²) >= 11 is 0. The van der Waals surface area contributed by atoms with Crippen LogP contribution in [-0.2, 0) is 9.53 Å². The molecular formula is C17H18N2O6. The van der Waals surface area contributed by atoms with E-state index in [4.69, 9.17) is 18.7 Å². The SMILES string of the molecule is Cc1cc(C(=O)OCC(=O)N[C@@H](C)c2ccc3c(c2)OCCO3)on1. The van der Waals surface area contributed by atoms with Crippen LogP contribution in [-0.4, -0.2) is 36.9 Å². The van der Waals surface area contributed by atoms with E-state index in [0.717, 1.165) is 5.56 Å². The fourth-order valence-corrected chi connectivity index (χ4v) is 2.36. The molecule has 1 aromatic heterocycles. The summed E-state index contributed by atoms with van der Waals surface area (Å²) in [6.45, 7) is 4.11. The minimum atomic E-state index is -0.734. The second-order valence-corrected chi connectivity index (χ2v) is 5.60. The van der Waals surface area contributed by atoms with Gasteiger partial charge in [-0.05, 0) is 31.5 Å². The molecule has 3 rings (SSSR count). The van der Waals surface area contributed by atoms with Crippen molar-refractivity contribution in [1.82, 2.24) is 10.5 Å². The van der Waals surface area contributed by atoms with Crippen LogP contribution in [0.3, 0.4) is 0 Å². The monoisotopic (exact) mass is 346 g/mol. The predicted molar refractivity (Wildman–Crippen MR) is 85.5 cm³/mol. The minimum absolute atomic E-state index is 0.0369. The van der Waals surface area contributed by atoms with Gasteiger partial charge in [0, 0.05) is 6.07 Å². The molecule has 2 heterocycles. The standard InChI is InChI=1S/C17H18N2O6/c1-10-7-15(25-19-10)17(21)24-9-16(20)18-11(2)12-3-4-13-14(8-12)23-6-5-22-13/h3-4,7-8,11H,5-6,9H2,1-2H3,(H,18,20)/t11-/m0/s1. The number of benzene rings is 1. The number of nitrogens with zero attached hydrogens (tertiary/aromatic N) is 1. The van der Waals surface area contributed by atoms with Gasteiger partial charge in [-0.1, -0.05) is 11.2 Å². The molecule has 0 bridgehead atoms. The lowest BCUT2D eigenvalue weighted by atomic mass is 10.1. The van der Waals surface area contributed by atoms with Crippen LogP contribution in [0.4, 0.5) is 0 Å². The first-order chi connectivity index (χ1) is 12.0. The van der Waals surface area contributed by atoms with E-state index in [9.17, 15) is 9.59 Å². The lowest BCUT2D eigenvalue weighted by molar-refractivity contribution is -0.124. The first kappa shape index (κ1) is 16.8. The number of nitrogens with one attached hydrogen (secondary N) is 1. The number of aryl methyl sites for hydroxylation is 1. The van der Waals surface area contributed by atoms with Crippen molar-refractivity contribution in [3.8, 4) is 11.5 Å². The van der Waals surface area contributed by atoms with Crippen LogP contribution in [0.25, 0.3) is 0 Å². The molecule has 0 radical (unpaired) electrons. The average Bonchev–Trinajstić information content (AvgIpc) is 3.05. The van der Waals surface area contributed by atoms with Gasteiger partial charge in [-0.25, -0.2) is 4.79 Å². The van der Waals surface area contributed by atoms with Gasteiger partial charge < -0.3 is 24.1 Å². The number of carbonyl (C=O) groups is 2. The Morgan fingerprint density at radius 3 is 2.72 bits per heavy atom. The summed E-state index contributed by atoms with van der Waals surface area (Å²) in [7, 11) is 0. The number of aromatic nitrogens is 1. The van der Waals surface area contributed by atoms with Gasteiger partial charge in [0.05, 0.1) is 11.7 Å². The van der Waals surface area contributed by atoms with Gasteiger partial charge in [0.2, 0.25) is 5.76 Å². The number of rotatable bonds is 5. The van der Waals surface area contributed by atoms with Gasteiger partial charge in [0.15, 0.2) is 18.1 Å². The normalized spacial score (nSPS) is 13.8. The molecule has 0 unspecified atom stereocenters. The second-order valence-electron chi connectivity index (χ2n) is 5.60. The highest BCUT2D eigenvalue weighted by Gasteiger charge is 2.18. The van der Waals surface area contributed by atoms with Crippen molar-refractivity contribution in [3.05, 3.63) is 41.3 Å². The van der Waals surface area contributed by atoms with Crippen molar-refractivity contribution >= 4 is 11.9 Å². The maximum Gasteiger partial charge on any atom is 0.377 e. The Morgan fingerprint density at radius 1 is 1.24 bits per heavy atom. The molecule has 8 heteroatoms. The largest absolute Gasteiger partial charge is 0.486 e. The van der Waals surface area contributed by atoms with E-state index >= 15 is 0 Å². The molecule has 0 fully saturated rings. The number of hydrogen-bond donors (Lipinski definition) is 1. The number of hydrogen-bond acceptors (Lipinski definition) is 7. The molecule has 1 aliphatic heterocycles. The van der Waals surface area contributed by atoms with Gasteiger partial charge in [0.1, 0.15) is 13.2 Å². The molecule has 0 spiro atoms. The first-order valence-corrected chi connectivity index (χ1v) is 7.82. The number of esters is 1. The van der Waals surface area contributed by atoms with E-state index in [-0.39, 0.29) is 11.8 Å². The molecule has 1 aliphatic rings. The zero-order valence-corrected chi connectivity index (χ0v) is 13.9. The fraction of sp³-hybridized carbons (Fsp3) is 0.353. The Morgan fingerprint density at radius 2 is 2.00 bits per heavy atom. The summed E-state index contributed by atoms with van der Waals surface area (Å²) < 4.78 is 20.7. The molecule has 1 aromatic carbocycles. The lowest BCUT2D eigenvalue weighted by Gasteiger charge is -2.21. The van der Waals surface area contributed by atoms with Crippen LogP contribution in [0.2, 0.25) is 0 Å². The molecule has 0 aliphatic carbocycles. The van der Waals surface area contributed by atoms with Crippen LogP contribution in [0, 0.1) is 6.92 Å². The van der Waals surface area contributed by atoms with Crippen molar-refractivity contribution in [3.63, 3.8) is 0 Å². The van der Waals surface area contributed by atoms with Gasteiger partial charge >= 0.3 is 5.97 Å². The number of ether oxygens (including phenoxy) is 3. The summed E-state index contributed by atoms with van der Waals surface area (Å²) in [5.74, 6) is 0.140. The van der Waals surface area contributed by atoms with Crippen molar-refractivity contribution in [2.45, 2.75) is 19.9 Å². The maximum absolute atomic E-state index is 12.0. The minimum Gasteiger partial charge on any atom is -0.486 e. The highest BCUT2D eigenvalue weighted by Crippen LogP contribution is 2.32. The third-order valence-electron chi connectivity index (χ3n) is 3.61. The number of fused-ring (bicyclic) bond motifs is 1. The Labute approximate surface area is 144 Å². The Balaban J connectivity index is 1.53. The van der Waals surface area contributed by atoms with E-state index in [1.54, 1.807) is 13.0 Å². The van der Waals surface area contributed by atoms with Gasteiger partial charge in [-0.2, -0.15) is 0 Å². The molecule has 0 saturated heterocycles. The summed E-state index contributed by atoms with van der Waals surface area (Å²) in [5, 5.41) is 6.35.